The van der Waals surface area contributed by atoms with Crippen LogP contribution in [0.3, 0.4) is 0 Å². The Morgan fingerprint density at radius 2 is 2.33 bits per heavy atom. The Balaban J connectivity index is 3.13. The minimum atomic E-state index is -0.399. The molecule has 1 amide bonds. The average Bonchev–Trinajstić information content (AvgIpc) is 2.08. The molecule has 1 heterocycles. The number of hydrogen-bond donors (Lipinski definition) is 2. The maximum atomic E-state index is 11.0. The van der Waals surface area contributed by atoms with Gasteiger partial charge in [-0.1, -0.05) is 11.6 Å². The average molecular weight is 187 g/mol. The van der Waals surface area contributed by atoms with Crippen LogP contribution in [-0.2, 0) is 0 Å². The van der Waals surface area contributed by atoms with Gasteiger partial charge in [0.2, 0.25) is 0 Å². The Kier molecular flexibility index (Phi) is 2.50. The molecule has 0 atom stereocenters. The van der Waals surface area contributed by atoms with Gasteiger partial charge in [0.05, 0.1) is 5.56 Å². The number of halogens is 1. The molecular weight excluding hydrogens is 180 g/mol. The van der Waals surface area contributed by atoms with E-state index in [9.17, 15) is 9.59 Å². The number of nitrogens with one attached hydrogen (secondary N) is 2. The third-order valence-corrected chi connectivity index (χ3v) is 1.63. The van der Waals surface area contributed by atoms with E-state index in [0.717, 1.165) is 0 Å². The Labute approximate surface area is 73.6 Å². The summed E-state index contributed by atoms with van der Waals surface area (Å²) in [5.41, 5.74) is -0.0635. The lowest BCUT2D eigenvalue weighted by molar-refractivity contribution is 0.0962. The first-order chi connectivity index (χ1) is 5.65. The van der Waals surface area contributed by atoms with Crippen molar-refractivity contribution < 1.29 is 4.79 Å². The molecule has 0 fully saturated rings. The standard InChI is InChI=1S/C7H7ClN2O2/c1-9-6(11)4-2-5(8)7(12)10-3-4/h2-3H,1H3,(H,9,11)(H,10,12). The van der Waals surface area contributed by atoms with Crippen LogP contribution < -0.4 is 10.9 Å². The summed E-state index contributed by atoms with van der Waals surface area (Å²) in [6.07, 6.45) is 1.31. The SMILES string of the molecule is CNC(=O)c1c[nH]c(=O)c(Cl)c1. The van der Waals surface area contributed by atoms with Crippen LogP contribution in [0.4, 0.5) is 0 Å². The molecule has 0 aliphatic rings. The summed E-state index contributed by atoms with van der Waals surface area (Å²) < 4.78 is 0. The van der Waals surface area contributed by atoms with Gasteiger partial charge in [-0.25, -0.2) is 0 Å². The quantitative estimate of drug-likeness (QED) is 0.667. The second-order valence-electron chi connectivity index (χ2n) is 2.14. The van der Waals surface area contributed by atoms with Crippen LogP contribution >= 0.6 is 11.6 Å². The Morgan fingerprint density at radius 1 is 1.67 bits per heavy atom. The van der Waals surface area contributed by atoms with Crippen molar-refractivity contribution in [1.82, 2.24) is 10.3 Å². The molecule has 0 saturated carbocycles. The van der Waals surface area contributed by atoms with Gasteiger partial charge < -0.3 is 10.3 Å². The predicted octanol–water partition coefficient (Wildman–Crippen LogP) is 0.388. The zero-order valence-electron chi connectivity index (χ0n) is 6.35. The van der Waals surface area contributed by atoms with Crippen LogP contribution in [0.1, 0.15) is 10.4 Å². The van der Waals surface area contributed by atoms with Gasteiger partial charge >= 0.3 is 0 Å². The molecular formula is C7H7ClN2O2. The number of pyridine rings is 1. The molecule has 0 aliphatic carbocycles. The molecule has 0 unspecified atom stereocenters. The highest BCUT2D eigenvalue weighted by molar-refractivity contribution is 6.30. The molecule has 4 nitrogen and oxygen atoms in total. The third kappa shape index (κ3) is 1.65. The second-order valence-corrected chi connectivity index (χ2v) is 2.55. The van der Waals surface area contributed by atoms with Crippen LogP contribution in [0.15, 0.2) is 17.1 Å². The maximum Gasteiger partial charge on any atom is 0.266 e. The van der Waals surface area contributed by atoms with Gasteiger partial charge in [0, 0.05) is 13.2 Å². The van der Waals surface area contributed by atoms with Crippen LogP contribution in [0.25, 0.3) is 0 Å². The zero-order valence-corrected chi connectivity index (χ0v) is 7.11. The molecule has 5 heteroatoms. The van der Waals surface area contributed by atoms with Crippen molar-refractivity contribution in [2.24, 2.45) is 0 Å². The van der Waals surface area contributed by atoms with Gasteiger partial charge in [0.25, 0.3) is 11.5 Å². The van der Waals surface area contributed by atoms with E-state index < -0.39 is 5.56 Å². The van der Waals surface area contributed by atoms with E-state index in [0.29, 0.717) is 5.56 Å². The largest absolute Gasteiger partial charge is 0.355 e. The van der Waals surface area contributed by atoms with E-state index in [1.54, 1.807) is 0 Å². The van der Waals surface area contributed by atoms with Gasteiger partial charge in [-0.15, -0.1) is 0 Å². The number of rotatable bonds is 1. The van der Waals surface area contributed by atoms with Crippen LogP contribution in [0, 0.1) is 0 Å². The monoisotopic (exact) mass is 186 g/mol. The molecule has 0 aliphatic heterocycles. The summed E-state index contributed by atoms with van der Waals surface area (Å²) in [5.74, 6) is -0.284. The van der Waals surface area contributed by atoms with E-state index in [2.05, 4.69) is 10.3 Å². The van der Waals surface area contributed by atoms with Crippen molar-refractivity contribution in [3.05, 3.63) is 33.2 Å². The summed E-state index contributed by atoms with van der Waals surface area (Å²) in [6.45, 7) is 0. The fourth-order valence-corrected chi connectivity index (χ4v) is 0.904. The van der Waals surface area contributed by atoms with Crippen molar-refractivity contribution in [3.63, 3.8) is 0 Å². The third-order valence-electron chi connectivity index (χ3n) is 1.35. The fraction of sp³-hybridized carbons (Fsp3) is 0.143. The maximum absolute atomic E-state index is 11.0. The number of H-pyrrole nitrogens is 1. The molecule has 1 rings (SSSR count). The van der Waals surface area contributed by atoms with Crippen molar-refractivity contribution >= 4 is 17.5 Å². The lowest BCUT2D eigenvalue weighted by atomic mass is 10.3. The molecule has 0 aromatic carbocycles. The smallest absolute Gasteiger partial charge is 0.266 e. The number of carbonyl (C=O) groups excluding carboxylic acids is 1. The lowest BCUT2D eigenvalue weighted by Gasteiger charge is -1.97. The molecule has 1 aromatic heterocycles. The van der Waals surface area contributed by atoms with E-state index in [1.807, 2.05) is 0 Å². The molecule has 1 aromatic rings. The highest BCUT2D eigenvalue weighted by atomic mass is 35.5. The first-order valence-corrected chi connectivity index (χ1v) is 3.63. The number of aromatic nitrogens is 1. The molecule has 0 saturated heterocycles. The molecule has 12 heavy (non-hydrogen) atoms. The van der Waals surface area contributed by atoms with Crippen LogP contribution in [-0.4, -0.2) is 17.9 Å². The highest BCUT2D eigenvalue weighted by Crippen LogP contribution is 2.02. The van der Waals surface area contributed by atoms with Crippen LogP contribution in [0.2, 0.25) is 5.02 Å². The first-order valence-electron chi connectivity index (χ1n) is 3.25. The van der Waals surface area contributed by atoms with Gasteiger partial charge in [0.15, 0.2) is 0 Å². The predicted molar refractivity (Wildman–Crippen MR) is 45.5 cm³/mol. The minimum absolute atomic E-state index is 0.0103. The summed E-state index contributed by atoms with van der Waals surface area (Å²) in [7, 11) is 1.50. The number of aromatic amines is 1. The Bertz CT molecular complexity index is 359. The summed E-state index contributed by atoms with van der Waals surface area (Å²) in [5, 5.41) is 2.42. The molecule has 0 radical (unpaired) electrons. The molecule has 64 valence electrons. The highest BCUT2D eigenvalue weighted by Gasteiger charge is 2.04. The summed E-state index contributed by atoms with van der Waals surface area (Å²) in [4.78, 5) is 24.1. The van der Waals surface area contributed by atoms with E-state index in [-0.39, 0.29) is 10.9 Å². The van der Waals surface area contributed by atoms with Crippen molar-refractivity contribution in [1.29, 1.82) is 0 Å². The molecule has 0 spiro atoms. The van der Waals surface area contributed by atoms with E-state index >= 15 is 0 Å². The minimum Gasteiger partial charge on any atom is -0.355 e. The number of hydrogen-bond acceptors (Lipinski definition) is 2. The summed E-state index contributed by atoms with van der Waals surface area (Å²) in [6, 6.07) is 1.32. The number of carbonyl (C=O) groups is 1. The fourth-order valence-electron chi connectivity index (χ4n) is 0.731. The molecule has 2 N–H and O–H groups in total. The first kappa shape index (κ1) is 8.80. The normalized spacial score (nSPS) is 9.50. The lowest BCUT2D eigenvalue weighted by Crippen LogP contribution is -2.19. The van der Waals surface area contributed by atoms with Crippen molar-refractivity contribution in [2.75, 3.05) is 7.05 Å². The van der Waals surface area contributed by atoms with Gasteiger partial charge in [-0.2, -0.15) is 0 Å². The van der Waals surface area contributed by atoms with Gasteiger partial charge in [-0.05, 0) is 6.07 Å². The van der Waals surface area contributed by atoms with Gasteiger partial charge in [-0.3, -0.25) is 9.59 Å². The van der Waals surface area contributed by atoms with Crippen molar-refractivity contribution in [3.8, 4) is 0 Å². The topological polar surface area (TPSA) is 62.0 Å². The van der Waals surface area contributed by atoms with Crippen molar-refractivity contribution in [2.45, 2.75) is 0 Å². The second kappa shape index (κ2) is 3.40. The molecule has 0 bridgehead atoms. The van der Waals surface area contributed by atoms with E-state index in [1.165, 1.54) is 19.3 Å². The Hall–Kier alpha value is -1.29. The van der Waals surface area contributed by atoms with Gasteiger partial charge in [0.1, 0.15) is 5.02 Å². The van der Waals surface area contributed by atoms with E-state index in [4.69, 9.17) is 11.6 Å². The van der Waals surface area contributed by atoms with Crippen LogP contribution in [0.5, 0.6) is 0 Å². The number of amides is 1. The Morgan fingerprint density at radius 3 is 2.83 bits per heavy atom. The zero-order chi connectivity index (χ0) is 9.14. The summed E-state index contributed by atoms with van der Waals surface area (Å²) >= 11 is 5.49.